The van der Waals surface area contributed by atoms with Crippen molar-refractivity contribution in [2.24, 2.45) is 5.73 Å². The van der Waals surface area contributed by atoms with E-state index in [2.05, 4.69) is 15.5 Å². The highest BCUT2D eigenvalue weighted by Gasteiger charge is 2.17. The van der Waals surface area contributed by atoms with Crippen LogP contribution in [0, 0.1) is 6.92 Å². The normalized spacial score (nSPS) is 11.3. The molecular weight excluding hydrogens is 284 g/mol. The highest BCUT2D eigenvalue weighted by molar-refractivity contribution is 5.87. The van der Waals surface area contributed by atoms with Gasteiger partial charge in [-0.05, 0) is 39.3 Å². The Labute approximate surface area is 128 Å². The summed E-state index contributed by atoms with van der Waals surface area (Å²) in [7, 11) is 0. The molecule has 0 aliphatic heterocycles. The van der Waals surface area contributed by atoms with Crippen LogP contribution in [0.15, 0.2) is 22.7 Å². The Morgan fingerprint density at radius 3 is 2.73 bits per heavy atom. The minimum Gasteiger partial charge on any atom is -0.444 e. The summed E-state index contributed by atoms with van der Waals surface area (Å²) in [6.45, 7) is 7.50. The lowest BCUT2D eigenvalue weighted by Gasteiger charge is -2.20. The van der Waals surface area contributed by atoms with E-state index in [4.69, 9.17) is 15.0 Å². The first-order chi connectivity index (χ1) is 10.3. The van der Waals surface area contributed by atoms with Gasteiger partial charge in [0.25, 0.3) is 0 Å². The third kappa shape index (κ3) is 4.05. The van der Waals surface area contributed by atoms with Crippen LogP contribution in [0.3, 0.4) is 0 Å². The summed E-state index contributed by atoms with van der Waals surface area (Å²) in [4.78, 5) is 16.0. The van der Waals surface area contributed by atoms with E-state index in [0.717, 1.165) is 11.1 Å². The van der Waals surface area contributed by atoms with Gasteiger partial charge in [0.1, 0.15) is 5.60 Å². The summed E-state index contributed by atoms with van der Waals surface area (Å²) >= 11 is 0. The van der Waals surface area contributed by atoms with Crippen molar-refractivity contribution < 1.29 is 14.1 Å². The van der Waals surface area contributed by atoms with Gasteiger partial charge in [-0.15, -0.1) is 0 Å². The largest absolute Gasteiger partial charge is 0.444 e. The number of hydrogen-bond donors (Lipinski definition) is 2. The molecule has 118 valence electrons. The maximum Gasteiger partial charge on any atom is 0.412 e. The smallest absolute Gasteiger partial charge is 0.412 e. The summed E-state index contributed by atoms with van der Waals surface area (Å²) in [6.07, 6.45) is -0.511. The van der Waals surface area contributed by atoms with E-state index in [-0.39, 0.29) is 6.54 Å². The Bertz CT molecular complexity index is 674. The van der Waals surface area contributed by atoms with Crippen LogP contribution >= 0.6 is 0 Å². The number of benzene rings is 1. The Morgan fingerprint density at radius 2 is 2.14 bits per heavy atom. The van der Waals surface area contributed by atoms with Crippen LogP contribution in [0.2, 0.25) is 0 Å². The number of hydrogen-bond acceptors (Lipinski definition) is 6. The van der Waals surface area contributed by atoms with Gasteiger partial charge < -0.3 is 15.0 Å². The van der Waals surface area contributed by atoms with Crippen LogP contribution in [-0.4, -0.2) is 21.8 Å². The molecule has 0 saturated carbocycles. The fourth-order valence-corrected chi connectivity index (χ4v) is 1.76. The van der Waals surface area contributed by atoms with Crippen molar-refractivity contribution >= 4 is 11.8 Å². The number of rotatable bonds is 3. The molecule has 0 unspecified atom stereocenters. The third-order valence-corrected chi connectivity index (χ3v) is 2.77. The molecular formula is C15H20N4O3. The van der Waals surface area contributed by atoms with Crippen molar-refractivity contribution in [2.75, 3.05) is 5.32 Å². The molecule has 7 heteroatoms. The first-order valence-electron chi connectivity index (χ1n) is 6.92. The molecule has 0 fully saturated rings. The lowest BCUT2D eigenvalue weighted by molar-refractivity contribution is 0.0636. The zero-order chi connectivity index (χ0) is 16.3. The van der Waals surface area contributed by atoms with E-state index < -0.39 is 11.7 Å². The fraction of sp³-hybridized carbons (Fsp3) is 0.400. The number of carbonyl (C=O) groups excluding carboxylic acids is 1. The highest BCUT2D eigenvalue weighted by Crippen LogP contribution is 2.24. The molecule has 2 aromatic rings. The van der Waals surface area contributed by atoms with Crippen LogP contribution < -0.4 is 11.1 Å². The predicted octanol–water partition coefficient (Wildman–Crippen LogP) is 2.85. The molecule has 0 bridgehead atoms. The number of nitrogens with one attached hydrogen (secondary N) is 1. The molecule has 1 heterocycles. The Morgan fingerprint density at radius 1 is 1.41 bits per heavy atom. The van der Waals surface area contributed by atoms with Crippen LogP contribution in [0.5, 0.6) is 0 Å². The third-order valence-electron chi connectivity index (χ3n) is 2.77. The summed E-state index contributed by atoms with van der Waals surface area (Å²) in [5, 5.41) is 6.58. The van der Waals surface area contributed by atoms with E-state index >= 15 is 0 Å². The molecule has 0 radical (unpaired) electrons. The van der Waals surface area contributed by atoms with Gasteiger partial charge in [0.05, 0.1) is 6.54 Å². The number of nitrogens with zero attached hydrogens (tertiary/aromatic N) is 2. The standard InChI is InChI=1S/C15H20N4O3/c1-9-5-6-10(13-18-12(8-16)22-19-13)7-11(9)17-14(20)21-15(2,3)4/h5-7H,8,16H2,1-4H3,(H,17,20). The average Bonchev–Trinajstić information content (AvgIpc) is 2.88. The topological polar surface area (TPSA) is 103 Å². The van der Waals surface area contributed by atoms with E-state index in [1.807, 2.05) is 39.8 Å². The number of nitrogens with two attached hydrogens (primary N) is 1. The minimum absolute atomic E-state index is 0.182. The summed E-state index contributed by atoms with van der Waals surface area (Å²) in [5.74, 6) is 0.782. The van der Waals surface area contributed by atoms with Gasteiger partial charge in [-0.3, -0.25) is 5.32 Å². The van der Waals surface area contributed by atoms with Crippen molar-refractivity contribution in [3.8, 4) is 11.4 Å². The molecule has 0 spiro atoms. The van der Waals surface area contributed by atoms with E-state index in [1.54, 1.807) is 6.07 Å². The molecule has 1 aromatic heterocycles. The Balaban J connectivity index is 2.21. The zero-order valence-electron chi connectivity index (χ0n) is 13.1. The first kappa shape index (κ1) is 16.0. The number of ether oxygens (including phenoxy) is 1. The SMILES string of the molecule is Cc1ccc(-c2noc(CN)n2)cc1NC(=O)OC(C)(C)C. The maximum atomic E-state index is 11.9. The molecule has 1 aromatic carbocycles. The molecule has 0 aliphatic rings. The van der Waals surface area contributed by atoms with Crippen molar-refractivity contribution in [3.63, 3.8) is 0 Å². The van der Waals surface area contributed by atoms with Gasteiger partial charge >= 0.3 is 6.09 Å². The van der Waals surface area contributed by atoms with Crippen molar-refractivity contribution in [3.05, 3.63) is 29.7 Å². The highest BCUT2D eigenvalue weighted by atomic mass is 16.6. The summed E-state index contributed by atoms with van der Waals surface area (Å²) in [6, 6.07) is 5.48. The molecule has 0 atom stereocenters. The fourth-order valence-electron chi connectivity index (χ4n) is 1.76. The second-order valence-corrected chi connectivity index (χ2v) is 5.87. The number of amides is 1. The van der Waals surface area contributed by atoms with Crippen molar-refractivity contribution in [1.29, 1.82) is 0 Å². The monoisotopic (exact) mass is 304 g/mol. The lowest BCUT2D eigenvalue weighted by atomic mass is 10.1. The maximum absolute atomic E-state index is 11.9. The molecule has 0 saturated heterocycles. The molecule has 7 nitrogen and oxygen atoms in total. The molecule has 1 amide bonds. The van der Waals surface area contributed by atoms with Crippen molar-refractivity contribution in [2.45, 2.75) is 39.8 Å². The van der Waals surface area contributed by atoms with Crippen LogP contribution in [0.25, 0.3) is 11.4 Å². The van der Waals surface area contributed by atoms with E-state index in [0.29, 0.717) is 17.4 Å². The van der Waals surface area contributed by atoms with Gasteiger partial charge in [0.15, 0.2) is 0 Å². The van der Waals surface area contributed by atoms with Gasteiger partial charge in [0, 0.05) is 11.3 Å². The Kier molecular flexibility index (Phi) is 4.46. The molecule has 22 heavy (non-hydrogen) atoms. The quantitative estimate of drug-likeness (QED) is 0.903. The second-order valence-electron chi connectivity index (χ2n) is 5.87. The van der Waals surface area contributed by atoms with E-state index in [9.17, 15) is 4.79 Å². The average molecular weight is 304 g/mol. The van der Waals surface area contributed by atoms with Crippen LogP contribution in [-0.2, 0) is 11.3 Å². The van der Waals surface area contributed by atoms with Gasteiger partial charge in [-0.25, -0.2) is 4.79 Å². The van der Waals surface area contributed by atoms with Gasteiger partial charge in [0.2, 0.25) is 11.7 Å². The molecule has 3 N–H and O–H groups in total. The Hall–Kier alpha value is -2.41. The number of anilines is 1. The van der Waals surface area contributed by atoms with Crippen LogP contribution in [0.4, 0.5) is 10.5 Å². The van der Waals surface area contributed by atoms with E-state index in [1.165, 1.54) is 0 Å². The zero-order valence-corrected chi connectivity index (χ0v) is 13.1. The van der Waals surface area contributed by atoms with Gasteiger partial charge in [-0.1, -0.05) is 17.3 Å². The number of aryl methyl sites for hydroxylation is 1. The van der Waals surface area contributed by atoms with Crippen LogP contribution in [0.1, 0.15) is 32.2 Å². The summed E-state index contributed by atoms with van der Waals surface area (Å²) < 4.78 is 10.2. The summed E-state index contributed by atoms with van der Waals surface area (Å²) in [5.41, 5.74) is 7.15. The first-order valence-corrected chi connectivity index (χ1v) is 6.92. The predicted molar refractivity (Wildman–Crippen MR) is 82.2 cm³/mol. The number of carbonyl (C=O) groups is 1. The van der Waals surface area contributed by atoms with Crippen molar-refractivity contribution in [1.82, 2.24) is 10.1 Å². The lowest BCUT2D eigenvalue weighted by Crippen LogP contribution is -2.27. The second kappa shape index (κ2) is 6.15. The minimum atomic E-state index is -0.556. The molecule has 2 rings (SSSR count). The molecule has 0 aliphatic carbocycles. The van der Waals surface area contributed by atoms with Gasteiger partial charge in [-0.2, -0.15) is 4.98 Å². The number of aromatic nitrogens is 2.